The minimum atomic E-state index is 0.705. The van der Waals surface area contributed by atoms with E-state index in [9.17, 15) is 0 Å². The number of fused-ring (bicyclic) bond motifs is 7. The molecule has 0 radical (unpaired) electrons. The van der Waals surface area contributed by atoms with Crippen LogP contribution in [0.25, 0.3) is 77.0 Å². The molecule has 0 aliphatic heterocycles. The molecule has 0 saturated carbocycles. The number of hydrogen-bond donors (Lipinski definition) is 0. The van der Waals surface area contributed by atoms with Crippen molar-refractivity contribution in [3.8, 4) is 22.6 Å². The van der Waals surface area contributed by atoms with E-state index in [4.69, 9.17) is 14.4 Å². The fraction of sp³-hybridized carbons (Fsp3) is 0. The summed E-state index contributed by atoms with van der Waals surface area (Å²) in [6, 6.07) is 41.9. The van der Waals surface area contributed by atoms with Crippen LogP contribution in [-0.4, -0.2) is 9.97 Å². The van der Waals surface area contributed by atoms with Crippen LogP contribution < -0.4 is 0 Å². The number of benzene rings is 6. The second kappa shape index (κ2) is 7.74. The summed E-state index contributed by atoms with van der Waals surface area (Å²) < 4.78 is 6.34. The Kier molecular flexibility index (Phi) is 4.23. The molecule has 37 heavy (non-hydrogen) atoms. The first-order valence-corrected chi connectivity index (χ1v) is 12.4. The normalized spacial score (nSPS) is 11.8. The molecule has 172 valence electrons. The van der Waals surface area contributed by atoms with Crippen molar-refractivity contribution in [1.82, 2.24) is 9.97 Å². The molecule has 3 nitrogen and oxygen atoms in total. The van der Waals surface area contributed by atoms with Gasteiger partial charge >= 0.3 is 0 Å². The van der Waals surface area contributed by atoms with E-state index in [2.05, 4.69) is 103 Å². The van der Waals surface area contributed by atoms with E-state index >= 15 is 0 Å². The van der Waals surface area contributed by atoms with E-state index in [1.165, 1.54) is 0 Å². The molecule has 0 unspecified atom stereocenters. The molecule has 0 aliphatic rings. The monoisotopic (exact) mass is 472 g/mol. The Morgan fingerprint density at radius 1 is 0.486 bits per heavy atom. The molecule has 0 N–H and O–H groups in total. The Morgan fingerprint density at radius 2 is 1.19 bits per heavy atom. The van der Waals surface area contributed by atoms with Gasteiger partial charge in [-0.25, -0.2) is 9.97 Å². The van der Waals surface area contributed by atoms with Gasteiger partial charge < -0.3 is 4.42 Å². The van der Waals surface area contributed by atoms with Gasteiger partial charge in [0.2, 0.25) is 0 Å². The number of rotatable bonds is 2. The van der Waals surface area contributed by atoms with Crippen molar-refractivity contribution in [3.05, 3.63) is 121 Å². The van der Waals surface area contributed by atoms with Gasteiger partial charge in [0, 0.05) is 32.7 Å². The highest BCUT2D eigenvalue weighted by Crippen LogP contribution is 2.42. The Bertz CT molecular complexity index is 2140. The van der Waals surface area contributed by atoms with Crippen LogP contribution in [0.4, 0.5) is 0 Å². The van der Waals surface area contributed by atoms with Gasteiger partial charge in [-0.2, -0.15) is 0 Å². The smallest absolute Gasteiger partial charge is 0.161 e. The highest BCUT2D eigenvalue weighted by atomic mass is 16.3. The minimum absolute atomic E-state index is 0.705. The van der Waals surface area contributed by atoms with Crippen LogP contribution in [0.5, 0.6) is 0 Å². The minimum Gasteiger partial charge on any atom is -0.456 e. The second-order valence-corrected chi connectivity index (χ2v) is 9.39. The van der Waals surface area contributed by atoms with Gasteiger partial charge in [0.05, 0.1) is 11.2 Å². The summed E-state index contributed by atoms with van der Waals surface area (Å²) in [7, 11) is 0. The van der Waals surface area contributed by atoms with Crippen molar-refractivity contribution in [2.45, 2.75) is 0 Å². The summed E-state index contributed by atoms with van der Waals surface area (Å²) in [6.07, 6.45) is 0. The number of hydrogen-bond acceptors (Lipinski definition) is 3. The van der Waals surface area contributed by atoms with Crippen molar-refractivity contribution in [2.24, 2.45) is 0 Å². The summed E-state index contributed by atoms with van der Waals surface area (Å²) in [5.41, 5.74) is 5.67. The molecule has 0 bridgehead atoms. The van der Waals surface area contributed by atoms with Crippen molar-refractivity contribution in [3.63, 3.8) is 0 Å². The molecule has 3 heteroatoms. The SMILES string of the molecule is c1ccc(-c2nc(-c3c4ccccc4cc4oc5ccccc5c34)nc3c2ccc2ccccc23)cc1. The first kappa shape index (κ1) is 20.2. The van der Waals surface area contributed by atoms with Crippen LogP contribution in [-0.2, 0) is 0 Å². The molecule has 0 amide bonds. The van der Waals surface area contributed by atoms with Crippen LogP contribution in [0.15, 0.2) is 126 Å². The van der Waals surface area contributed by atoms with Crippen LogP contribution >= 0.6 is 0 Å². The maximum Gasteiger partial charge on any atom is 0.161 e. The molecule has 8 aromatic rings. The number of furan rings is 1. The summed E-state index contributed by atoms with van der Waals surface area (Å²) in [5.74, 6) is 0.705. The molecule has 2 heterocycles. The van der Waals surface area contributed by atoms with Gasteiger partial charge in [-0.15, -0.1) is 0 Å². The molecule has 6 aromatic carbocycles. The first-order valence-electron chi connectivity index (χ1n) is 12.4. The third kappa shape index (κ3) is 3.01. The summed E-state index contributed by atoms with van der Waals surface area (Å²) in [6.45, 7) is 0. The van der Waals surface area contributed by atoms with Gasteiger partial charge in [-0.1, -0.05) is 103 Å². The number of nitrogens with zero attached hydrogens (tertiary/aromatic N) is 2. The van der Waals surface area contributed by atoms with E-state index in [1.807, 2.05) is 18.2 Å². The summed E-state index contributed by atoms with van der Waals surface area (Å²) in [5, 5.41) is 7.66. The van der Waals surface area contributed by atoms with E-state index in [0.717, 1.165) is 71.2 Å². The van der Waals surface area contributed by atoms with Gasteiger partial charge in [-0.05, 0) is 34.4 Å². The van der Waals surface area contributed by atoms with Crippen LogP contribution in [0.1, 0.15) is 0 Å². The Morgan fingerprint density at radius 3 is 2.05 bits per heavy atom. The van der Waals surface area contributed by atoms with E-state index in [-0.39, 0.29) is 0 Å². The average Bonchev–Trinajstić information content (AvgIpc) is 3.33. The van der Waals surface area contributed by atoms with E-state index in [0.29, 0.717) is 5.82 Å². The zero-order valence-corrected chi connectivity index (χ0v) is 19.8. The topological polar surface area (TPSA) is 38.9 Å². The Balaban J connectivity index is 1.60. The van der Waals surface area contributed by atoms with Crippen LogP contribution in [0.3, 0.4) is 0 Å². The lowest BCUT2D eigenvalue weighted by molar-refractivity contribution is 0.669. The maximum absolute atomic E-state index is 6.34. The fourth-order valence-electron chi connectivity index (χ4n) is 5.57. The van der Waals surface area contributed by atoms with Gasteiger partial charge in [0.15, 0.2) is 5.82 Å². The van der Waals surface area contributed by atoms with Gasteiger partial charge in [0.1, 0.15) is 11.2 Å². The zero-order chi connectivity index (χ0) is 24.3. The maximum atomic E-state index is 6.34. The van der Waals surface area contributed by atoms with Crippen molar-refractivity contribution < 1.29 is 4.42 Å². The molecular weight excluding hydrogens is 452 g/mol. The summed E-state index contributed by atoms with van der Waals surface area (Å²) in [4.78, 5) is 10.6. The molecule has 0 atom stereocenters. The standard InChI is InChI=1S/C34H20N2O/c1-2-11-22(12-3-1)32-27-19-18-21-10-4-7-15-25(21)33(27)36-34(35-32)31-24-14-6-5-13-23(24)20-29-30(31)26-16-8-9-17-28(26)37-29/h1-20H. The molecular formula is C34H20N2O. The fourth-order valence-corrected chi connectivity index (χ4v) is 5.57. The number of para-hydroxylation sites is 1. The molecule has 0 fully saturated rings. The van der Waals surface area contributed by atoms with E-state index < -0.39 is 0 Å². The Hall–Kier alpha value is -5.02. The van der Waals surface area contributed by atoms with Crippen molar-refractivity contribution >= 4 is 54.4 Å². The van der Waals surface area contributed by atoms with Crippen molar-refractivity contribution in [2.75, 3.05) is 0 Å². The third-order valence-corrected chi connectivity index (χ3v) is 7.25. The molecule has 0 saturated heterocycles. The number of aromatic nitrogens is 2. The highest BCUT2D eigenvalue weighted by molar-refractivity contribution is 6.20. The van der Waals surface area contributed by atoms with Crippen LogP contribution in [0, 0.1) is 0 Å². The largest absolute Gasteiger partial charge is 0.456 e. The quantitative estimate of drug-likeness (QED) is 0.235. The lowest BCUT2D eigenvalue weighted by Crippen LogP contribution is -1.97. The van der Waals surface area contributed by atoms with E-state index in [1.54, 1.807) is 0 Å². The third-order valence-electron chi connectivity index (χ3n) is 7.25. The van der Waals surface area contributed by atoms with Crippen molar-refractivity contribution in [1.29, 1.82) is 0 Å². The second-order valence-electron chi connectivity index (χ2n) is 9.39. The highest BCUT2D eigenvalue weighted by Gasteiger charge is 2.20. The predicted molar refractivity (Wildman–Crippen MR) is 153 cm³/mol. The van der Waals surface area contributed by atoms with Crippen LogP contribution in [0.2, 0.25) is 0 Å². The molecule has 0 aliphatic carbocycles. The molecule has 2 aromatic heterocycles. The molecule has 0 spiro atoms. The lowest BCUT2D eigenvalue weighted by Gasteiger charge is -2.13. The summed E-state index contributed by atoms with van der Waals surface area (Å²) >= 11 is 0. The Labute approximate surface area is 212 Å². The molecule has 8 rings (SSSR count). The zero-order valence-electron chi connectivity index (χ0n) is 19.8. The van der Waals surface area contributed by atoms with Gasteiger partial charge in [-0.3, -0.25) is 0 Å². The first-order chi connectivity index (χ1) is 18.3. The lowest BCUT2D eigenvalue weighted by atomic mass is 9.96. The van der Waals surface area contributed by atoms with Gasteiger partial charge in [0.25, 0.3) is 0 Å². The average molecular weight is 473 g/mol. The predicted octanol–water partition coefficient (Wildman–Crippen LogP) is 9.17.